The number of hydrogen-bond acceptors (Lipinski definition) is 2. The second kappa shape index (κ2) is 6.58. The van der Waals surface area contributed by atoms with Gasteiger partial charge in [-0.3, -0.25) is 0 Å². The van der Waals surface area contributed by atoms with Gasteiger partial charge >= 0.3 is 0 Å². The van der Waals surface area contributed by atoms with Crippen LogP contribution in [0.3, 0.4) is 0 Å². The molecule has 19 heavy (non-hydrogen) atoms. The number of fused-ring (bicyclic) bond motifs is 1. The van der Waals surface area contributed by atoms with Gasteiger partial charge < -0.3 is 10.2 Å². The summed E-state index contributed by atoms with van der Waals surface area (Å²) in [5.41, 5.74) is 0.452. The second-order valence-electron chi connectivity index (χ2n) is 7.83. The van der Waals surface area contributed by atoms with Gasteiger partial charge in [-0.05, 0) is 49.0 Å². The summed E-state index contributed by atoms with van der Waals surface area (Å²) in [7, 11) is 0. The highest BCUT2D eigenvalue weighted by molar-refractivity contribution is 4.91. The van der Waals surface area contributed by atoms with E-state index in [9.17, 15) is 0 Å². The van der Waals surface area contributed by atoms with E-state index < -0.39 is 0 Å². The quantitative estimate of drug-likeness (QED) is 0.760. The van der Waals surface area contributed by atoms with Crippen molar-refractivity contribution >= 4 is 0 Å². The van der Waals surface area contributed by atoms with E-state index in [0.29, 0.717) is 5.41 Å². The zero-order valence-corrected chi connectivity index (χ0v) is 13.5. The van der Waals surface area contributed by atoms with E-state index in [2.05, 4.69) is 37.9 Å². The van der Waals surface area contributed by atoms with Crippen molar-refractivity contribution in [3.63, 3.8) is 0 Å². The lowest BCUT2D eigenvalue weighted by Gasteiger charge is -2.34. The minimum absolute atomic E-state index is 0.452. The molecule has 1 aliphatic heterocycles. The Labute approximate surface area is 120 Å². The van der Waals surface area contributed by atoms with Crippen LogP contribution in [0.25, 0.3) is 0 Å². The molecule has 3 unspecified atom stereocenters. The average Bonchev–Trinajstić information content (AvgIpc) is 2.89. The van der Waals surface area contributed by atoms with E-state index >= 15 is 0 Å². The molecule has 3 atom stereocenters. The standard InChI is InChI=1S/C17H34N2/c1-5-17(4,12-18-9-14(2)3)13-19-10-15-7-6-8-16(15)11-19/h14-16,18H,5-13H2,1-4H3. The van der Waals surface area contributed by atoms with Crippen LogP contribution in [-0.4, -0.2) is 37.6 Å². The van der Waals surface area contributed by atoms with Gasteiger partial charge in [-0.2, -0.15) is 0 Å². The summed E-state index contributed by atoms with van der Waals surface area (Å²) in [5, 5.41) is 3.67. The normalized spacial score (nSPS) is 30.8. The first-order valence-corrected chi connectivity index (χ1v) is 8.45. The summed E-state index contributed by atoms with van der Waals surface area (Å²) < 4.78 is 0. The largest absolute Gasteiger partial charge is 0.316 e. The first kappa shape index (κ1) is 15.3. The van der Waals surface area contributed by atoms with Gasteiger partial charge in [-0.15, -0.1) is 0 Å². The van der Waals surface area contributed by atoms with Gasteiger partial charge in [-0.25, -0.2) is 0 Å². The second-order valence-corrected chi connectivity index (χ2v) is 7.83. The van der Waals surface area contributed by atoms with Crippen molar-refractivity contribution in [2.45, 2.75) is 53.4 Å². The molecule has 0 aromatic carbocycles. The number of rotatable bonds is 7. The summed E-state index contributed by atoms with van der Waals surface area (Å²) in [4.78, 5) is 2.76. The lowest BCUT2D eigenvalue weighted by atomic mass is 9.86. The van der Waals surface area contributed by atoms with Crippen LogP contribution in [0.4, 0.5) is 0 Å². The van der Waals surface area contributed by atoms with Gasteiger partial charge in [0.2, 0.25) is 0 Å². The minimum Gasteiger partial charge on any atom is -0.316 e. The summed E-state index contributed by atoms with van der Waals surface area (Å²) in [6.07, 6.45) is 5.76. The molecule has 2 fully saturated rings. The molecule has 0 radical (unpaired) electrons. The Morgan fingerprint density at radius 3 is 2.37 bits per heavy atom. The molecule has 0 amide bonds. The van der Waals surface area contributed by atoms with Crippen LogP contribution in [0.15, 0.2) is 0 Å². The third kappa shape index (κ3) is 4.19. The van der Waals surface area contributed by atoms with E-state index in [1.165, 1.54) is 51.9 Å². The van der Waals surface area contributed by atoms with Gasteiger partial charge in [0.25, 0.3) is 0 Å². The van der Waals surface area contributed by atoms with Crippen LogP contribution in [0.5, 0.6) is 0 Å². The maximum Gasteiger partial charge on any atom is 0.00476 e. The number of hydrogen-bond donors (Lipinski definition) is 1. The lowest BCUT2D eigenvalue weighted by molar-refractivity contribution is 0.170. The third-order valence-electron chi connectivity index (χ3n) is 5.37. The van der Waals surface area contributed by atoms with Crippen molar-refractivity contribution < 1.29 is 0 Å². The molecule has 0 bridgehead atoms. The van der Waals surface area contributed by atoms with Crippen LogP contribution in [0.2, 0.25) is 0 Å². The number of nitrogens with zero attached hydrogens (tertiary/aromatic N) is 1. The Balaban J connectivity index is 1.77. The van der Waals surface area contributed by atoms with E-state index in [0.717, 1.165) is 24.3 Å². The average molecular weight is 266 g/mol. The lowest BCUT2D eigenvalue weighted by Crippen LogP contribution is -2.42. The van der Waals surface area contributed by atoms with Crippen molar-refractivity contribution in [2.75, 3.05) is 32.7 Å². The Bertz CT molecular complexity index is 264. The Hall–Kier alpha value is -0.0800. The molecule has 0 aromatic heterocycles. The first-order chi connectivity index (χ1) is 9.02. The summed E-state index contributed by atoms with van der Waals surface area (Å²) in [5.74, 6) is 2.82. The molecule has 1 heterocycles. The fraction of sp³-hybridized carbons (Fsp3) is 1.00. The Morgan fingerprint density at radius 1 is 1.21 bits per heavy atom. The van der Waals surface area contributed by atoms with Crippen LogP contribution in [0, 0.1) is 23.2 Å². The van der Waals surface area contributed by atoms with Gasteiger partial charge in [0.05, 0.1) is 0 Å². The maximum atomic E-state index is 3.67. The maximum absolute atomic E-state index is 3.67. The van der Waals surface area contributed by atoms with Crippen LogP contribution >= 0.6 is 0 Å². The third-order valence-corrected chi connectivity index (χ3v) is 5.37. The smallest absolute Gasteiger partial charge is 0.00476 e. The molecule has 2 aliphatic rings. The molecule has 2 rings (SSSR count). The van der Waals surface area contributed by atoms with Crippen molar-refractivity contribution in [2.24, 2.45) is 23.2 Å². The van der Waals surface area contributed by atoms with Crippen molar-refractivity contribution in [1.82, 2.24) is 10.2 Å². The predicted molar refractivity (Wildman–Crippen MR) is 83.4 cm³/mol. The number of nitrogens with one attached hydrogen (secondary N) is 1. The van der Waals surface area contributed by atoms with E-state index in [4.69, 9.17) is 0 Å². The van der Waals surface area contributed by atoms with Crippen molar-refractivity contribution in [3.8, 4) is 0 Å². The van der Waals surface area contributed by atoms with Gasteiger partial charge in [0, 0.05) is 26.2 Å². The Kier molecular flexibility index (Phi) is 5.30. The van der Waals surface area contributed by atoms with Crippen molar-refractivity contribution in [3.05, 3.63) is 0 Å². The van der Waals surface area contributed by atoms with E-state index in [1.807, 2.05) is 0 Å². The highest BCUT2D eigenvalue weighted by Crippen LogP contribution is 2.39. The van der Waals surface area contributed by atoms with Gasteiger partial charge in [-0.1, -0.05) is 34.1 Å². The van der Waals surface area contributed by atoms with Crippen molar-refractivity contribution in [1.29, 1.82) is 0 Å². The monoisotopic (exact) mass is 266 g/mol. The zero-order chi connectivity index (χ0) is 13.9. The fourth-order valence-electron chi connectivity index (χ4n) is 3.96. The Morgan fingerprint density at radius 2 is 1.84 bits per heavy atom. The van der Waals surface area contributed by atoms with Gasteiger partial charge in [0.1, 0.15) is 0 Å². The molecule has 1 saturated carbocycles. The van der Waals surface area contributed by atoms with E-state index in [-0.39, 0.29) is 0 Å². The molecule has 0 aromatic rings. The predicted octanol–water partition coefficient (Wildman–Crippen LogP) is 3.38. The fourth-order valence-corrected chi connectivity index (χ4v) is 3.96. The highest BCUT2D eigenvalue weighted by Gasteiger charge is 2.38. The van der Waals surface area contributed by atoms with E-state index in [1.54, 1.807) is 0 Å². The summed E-state index contributed by atoms with van der Waals surface area (Å²) in [6, 6.07) is 0. The molecule has 2 heteroatoms. The van der Waals surface area contributed by atoms with Crippen LogP contribution < -0.4 is 5.32 Å². The van der Waals surface area contributed by atoms with Crippen LogP contribution in [0.1, 0.15) is 53.4 Å². The molecule has 1 saturated heterocycles. The molecular formula is C17H34N2. The summed E-state index contributed by atoms with van der Waals surface area (Å²) >= 11 is 0. The zero-order valence-electron chi connectivity index (χ0n) is 13.5. The van der Waals surface area contributed by atoms with Crippen LogP contribution in [-0.2, 0) is 0 Å². The number of likely N-dealkylation sites (tertiary alicyclic amines) is 1. The molecule has 1 aliphatic carbocycles. The topological polar surface area (TPSA) is 15.3 Å². The SMILES string of the molecule is CCC(C)(CNCC(C)C)CN1CC2CCCC2C1. The summed E-state index contributed by atoms with van der Waals surface area (Å²) in [6.45, 7) is 15.8. The molecule has 1 N–H and O–H groups in total. The molecule has 2 nitrogen and oxygen atoms in total. The molecular weight excluding hydrogens is 232 g/mol. The highest BCUT2D eigenvalue weighted by atomic mass is 15.2. The van der Waals surface area contributed by atoms with Gasteiger partial charge in [0.15, 0.2) is 0 Å². The molecule has 112 valence electrons. The molecule has 0 spiro atoms. The minimum atomic E-state index is 0.452. The first-order valence-electron chi connectivity index (χ1n) is 8.45.